The van der Waals surface area contributed by atoms with Crippen molar-refractivity contribution in [2.75, 3.05) is 26.4 Å². The van der Waals surface area contributed by atoms with Gasteiger partial charge in [0.1, 0.15) is 0 Å². The maximum Gasteiger partial charge on any atom is 0.229 e. The molecule has 0 aliphatic carbocycles. The van der Waals surface area contributed by atoms with Crippen molar-refractivity contribution in [3.8, 4) is 0 Å². The summed E-state index contributed by atoms with van der Waals surface area (Å²) in [5, 5.41) is 2.93. The molecule has 0 radical (unpaired) electrons. The fourth-order valence-corrected chi connectivity index (χ4v) is 1.87. The van der Waals surface area contributed by atoms with Gasteiger partial charge in [-0.3, -0.25) is 4.79 Å². The van der Waals surface area contributed by atoms with Gasteiger partial charge in [-0.1, -0.05) is 0 Å². The van der Waals surface area contributed by atoms with Gasteiger partial charge < -0.3 is 20.5 Å². The summed E-state index contributed by atoms with van der Waals surface area (Å²) in [4.78, 5) is 12.0. The van der Waals surface area contributed by atoms with Gasteiger partial charge in [-0.2, -0.15) is 0 Å². The van der Waals surface area contributed by atoms with Crippen LogP contribution in [-0.4, -0.2) is 44.4 Å². The number of hydrogen-bond donors (Lipinski definition) is 2. The summed E-state index contributed by atoms with van der Waals surface area (Å²) in [6.45, 7) is 8.19. The van der Waals surface area contributed by atoms with Crippen molar-refractivity contribution in [3.63, 3.8) is 0 Å². The van der Waals surface area contributed by atoms with E-state index in [1.807, 2.05) is 20.8 Å². The normalized spacial score (nSPS) is 27.7. The smallest absolute Gasteiger partial charge is 0.229 e. The van der Waals surface area contributed by atoms with Crippen molar-refractivity contribution in [2.24, 2.45) is 11.1 Å². The van der Waals surface area contributed by atoms with Crippen molar-refractivity contribution in [2.45, 2.75) is 45.8 Å². The van der Waals surface area contributed by atoms with Crippen LogP contribution in [0.3, 0.4) is 0 Å². The molecule has 1 aliphatic heterocycles. The second-order valence-electron chi connectivity index (χ2n) is 5.42. The average molecular weight is 258 g/mol. The largest absolute Gasteiger partial charge is 0.379 e. The molecule has 106 valence electrons. The molecule has 18 heavy (non-hydrogen) atoms. The Kier molecular flexibility index (Phi) is 6.05. The number of amides is 1. The van der Waals surface area contributed by atoms with Gasteiger partial charge in [-0.05, 0) is 33.6 Å². The SMILES string of the molecule is CC(C)OCCCCNC(=O)C1(C)COCC1N. The highest BCUT2D eigenvalue weighted by Gasteiger charge is 2.44. The highest BCUT2D eigenvalue weighted by molar-refractivity contribution is 5.83. The maximum atomic E-state index is 12.0. The lowest BCUT2D eigenvalue weighted by molar-refractivity contribution is -0.130. The molecule has 0 spiro atoms. The van der Waals surface area contributed by atoms with Crippen molar-refractivity contribution in [1.82, 2.24) is 5.32 Å². The van der Waals surface area contributed by atoms with Crippen molar-refractivity contribution >= 4 is 5.91 Å². The Balaban J connectivity index is 2.14. The Hall–Kier alpha value is -0.650. The first kappa shape index (κ1) is 15.4. The van der Waals surface area contributed by atoms with E-state index >= 15 is 0 Å². The van der Waals surface area contributed by atoms with E-state index < -0.39 is 5.41 Å². The number of nitrogens with two attached hydrogens (primary N) is 1. The zero-order chi connectivity index (χ0) is 13.6. The fourth-order valence-electron chi connectivity index (χ4n) is 1.87. The molecule has 1 saturated heterocycles. The van der Waals surface area contributed by atoms with Gasteiger partial charge in [0.15, 0.2) is 0 Å². The monoisotopic (exact) mass is 258 g/mol. The Morgan fingerprint density at radius 1 is 1.56 bits per heavy atom. The number of unbranched alkanes of at least 4 members (excludes halogenated alkanes) is 1. The molecule has 5 heteroatoms. The Morgan fingerprint density at radius 3 is 2.83 bits per heavy atom. The molecule has 3 N–H and O–H groups in total. The van der Waals surface area contributed by atoms with Gasteiger partial charge in [-0.15, -0.1) is 0 Å². The first-order valence-corrected chi connectivity index (χ1v) is 6.70. The van der Waals surface area contributed by atoms with E-state index in [1.165, 1.54) is 0 Å². The standard InChI is InChI=1S/C13H26N2O3/c1-10(2)18-7-5-4-6-15-12(16)13(3)9-17-8-11(13)14/h10-11H,4-9,14H2,1-3H3,(H,15,16). The van der Waals surface area contributed by atoms with Gasteiger partial charge in [-0.25, -0.2) is 0 Å². The molecule has 5 nitrogen and oxygen atoms in total. The van der Waals surface area contributed by atoms with E-state index in [2.05, 4.69) is 5.32 Å². The minimum atomic E-state index is -0.575. The summed E-state index contributed by atoms with van der Waals surface area (Å²) in [7, 11) is 0. The lowest BCUT2D eigenvalue weighted by Gasteiger charge is -2.25. The molecule has 2 atom stereocenters. The third kappa shape index (κ3) is 4.23. The van der Waals surface area contributed by atoms with Gasteiger partial charge in [0.25, 0.3) is 0 Å². The molecule has 0 aromatic rings. The lowest BCUT2D eigenvalue weighted by Crippen LogP contribution is -2.50. The minimum absolute atomic E-state index is 0.00252. The molecule has 0 aromatic carbocycles. The van der Waals surface area contributed by atoms with Gasteiger partial charge in [0.2, 0.25) is 5.91 Å². The quantitative estimate of drug-likeness (QED) is 0.658. The van der Waals surface area contributed by atoms with E-state index in [-0.39, 0.29) is 18.1 Å². The summed E-state index contributed by atoms with van der Waals surface area (Å²) in [5.41, 5.74) is 5.32. The van der Waals surface area contributed by atoms with E-state index in [0.717, 1.165) is 19.4 Å². The summed E-state index contributed by atoms with van der Waals surface area (Å²) < 4.78 is 10.7. The van der Waals surface area contributed by atoms with E-state index in [1.54, 1.807) is 0 Å². The summed E-state index contributed by atoms with van der Waals surface area (Å²) in [6, 6.07) is -0.207. The predicted octanol–water partition coefficient (Wildman–Crippen LogP) is 0.672. The molecule has 1 heterocycles. The van der Waals surface area contributed by atoms with Crippen LogP contribution in [0.1, 0.15) is 33.6 Å². The van der Waals surface area contributed by atoms with Crippen LogP contribution < -0.4 is 11.1 Å². The summed E-state index contributed by atoms with van der Waals surface area (Å²) in [5.74, 6) is -0.00252. The van der Waals surface area contributed by atoms with Gasteiger partial charge in [0, 0.05) is 19.2 Å². The number of hydrogen-bond acceptors (Lipinski definition) is 4. The van der Waals surface area contributed by atoms with E-state index in [4.69, 9.17) is 15.2 Å². The Labute approximate surface area is 109 Å². The topological polar surface area (TPSA) is 73.6 Å². The molecule has 0 bridgehead atoms. The van der Waals surface area contributed by atoms with Crippen LogP contribution >= 0.6 is 0 Å². The third-order valence-electron chi connectivity index (χ3n) is 3.34. The van der Waals surface area contributed by atoms with Crippen LogP contribution in [0.25, 0.3) is 0 Å². The van der Waals surface area contributed by atoms with E-state index in [9.17, 15) is 4.79 Å². The zero-order valence-corrected chi connectivity index (χ0v) is 11.7. The van der Waals surface area contributed by atoms with Crippen molar-refractivity contribution < 1.29 is 14.3 Å². The lowest BCUT2D eigenvalue weighted by atomic mass is 9.85. The second-order valence-corrected chi connectivity index (χ2v) is 5.42. The first-order chi connectivity index (χ1) is 8.47. The Bertz CT molecular complexity index is 271. The number of carbonyl (C=O) groups is 1. The van der Waals surface area contributed by atoms with Crippen LogP contribution in [0, 0.1) is 5.41 Å². The van der Waals surface area contributed by atoms with Crippen LogP contribution in [0.4, 0.5) is 0 Å². The molecule has 2 unspecified atom stereocenters. The average Bonchev–Trinajstić information content (AvgIpc) is 2.65. The summed E-state index contributed by atoms with van der Waals surface area (Å²) >= 11 is 0. The minimum Gasteiger partial charge on any atom is -0.379 e. The van der Waals surface area contributed by atoms with Crippen LogP contribution in [-0.2, 0) is 14.3 Å². The molecule has 1 aliphatic rings. The first-order valence-electron chi connectivity index (χ1n) is 6.70. The van der Waals surface area contributed by atoms with E-state index in [0.29, 0.717) is 19.8 Å². The highest BCUT2D eigenvalue weighted by atomic mass is 16.5. The molecule has 1 amide bonds. The highest BCUT2D eigenvalue weighted by Crippen LogP contribution is 2.26. The molecule has 1 rings (SSSR count). The number of carbonyl (C=O) groups excluding carboxylic acids is 1. The fraction of sp³-hybridized carbons (Fsp3) is 0.923. The third-order valence-corrected chi connectivity index (χ3v) is 3.34. The van der Waals surface area contributed by atoms with Gasteiger partial charge >= 0.3 is 0 Å². The predicted molar refractivity (Wildman–Crippen MR) is 70.2 cm³/mol. The van der Waals surface area contributed by atoms with Crippen LogP contribution in [0.15, 0.2) is 0 Å². The molecular formula is C13H26N2O3. The number of nitrogens with one attached hydrogen (secondary N) is 1. The van der Waals surface area contributed by atoms with Crippen molar-refractivity contribution in [1.29, 1.82) is 0 Å². The number of rotatable bonds is 7. The molecule has 0 aromatic heterocycles. The Morgan fingerprint density at radius 2 is 2.28 bits per heavy atom. The van der Waals surface area contributed by atoms with Gasteiger partial charge in [0.05, 0.1) is 24.7 Å². The maximum absolute atomic E-state index is 12.0. The molecule has 0 saturated carbocycles. The number of ether oxygens (including phenoxy) is 2. The van der Waals surface area contributed by atoms with Crippen LogP contribution in [0.5, 0.6) is 0 Å². The zero-order valence-electron chi connectivity index (χ0n) is 11.7. The molecular weight excluding hydrogens is 232 g/mol. The second kappa shape index (κ2) is 7.07. The van der Waals surface area contributed by atoms with Crippen LogP contribution in [0.2, 0.25) is 0 Å². The van der Waals surface area contributed by atoms with Crippen molar-refractivity contribution in [3.05, 3.63) is 0 Å². The molecule has 1 fully saturated rings. The summed E-state index contributed by atoms with van der Waals surface area (Å²) in [6.07, 6.45) is 2.15.